The summed E-state index contributed by atoms with van der Waals surface area (Å²) < 4.78 is 19.8. The first kappa shape index (κ1) is 13.9. The lowest BCUT2D eigenvalue weighted by Gasteiger charge is -2.30. The molecule has 0 saturated carbocycles. The van der Waals surface area contributed by atoms with E-state index in [9.17, 15) is 9.50 Å². The SMILES string of the molecule is OC1CC(c2ccc(Br)c(F)c2)Oc2ccc(Cl)cc21. The molecule has 0 amide bonds. The highest BCUT2D eigenvalue weighted by Crippen LogP contribution is 2.42. The highest BCUT2D eigenvalue weighted by atomic mass is 79.9. The fraction of sp³-hybridized carbons (Fsp3) is 0.200. The molecule has 1 aliphatic rings. The van der Waals surface area contributed by atoms with Gasteiger partial charge in [-0.3, -0.25) is 0 Å². The number of rotatable bonds is 1. The quantitative estimate of drug-likeness (QED) is 0.794. The first-order valence-corrected chi connectivity index (χ1v) is 7.31. The number of hydrogen-bond donors (Lipinski definition) is 1. The van der Waals surface area contributed by atoms with Crippen LogP contribution in [0.5, 0.6) is 5.75 Å². The van der Waals surface area contributed by atoms with Crippen LogP contribution in [0.15, 0.2) is 40.9 Å². The molecule has 1 N–H and O–H groups in total. The molecule has 2 nitrogen and oxygen atoms in total. The second-order valence-corrected chi connectivity index (χ2v) is 6.00. The summed E-state index contributed by atoms with van der Waals surface area (Å²) in [7, 11) is 0. The van der Waals surface area contributed by atoms with Crippen molar-refractivity contribution in [2.75, 3.05) is 0 Å². The van der Waals surface area contributed by atoms with Gasteiger partial charge in [0.2, 0.25) is 0 Å². The van der Waals surface area contributed by atoms with Crippen LogP contribution in [0.1, 0.15) is 29.8 Å². The van der Waals surface area contributed by atoms with Crippen LogP contribution < -0.4 is 4.74 Å². The first-order valence-electron chi connectivity index (χ1n) is 6.13. The van der Waals surface area contributed by atoms with E-state index in [1.54, 1.807) is 30.3 Å². The van der Waals surface area contributed by atoms with Gasteiger partial charge < -0.3 is 9.84 Å². The summed E-state index contributed by atoms with van der Waals surface area (Å²) in [5, 5.41) is 10.8. The van der Waals surface area contributed by atoms with Crippen LogP contribution in [0.2, 0.25) is 5.02 Å². The van der Waals surface area contributed by atoms with Crippen LogP contribution in [0.4, 0.5) is 4.39 Å². The smallest absolute Gasteiger partial charge is 0.137 e. The van der Waals surface area contributed by atoms with Gasteiger partial charge in [-0.25, -0.2) is 4.39 Å². The number of halogens is 3. The van der Waals surface area contributed by atoms with Gasteiger partial charge in [0.1, 0.15) is 17.7 Å². The standard InChI is InChI=1S/C15H11BrClFO2/c16-11-3-1-8(5-12(11)18)15-7-13(19)10-6-9(17)2-4-14(10)20-15/h1-6,13,15,19H,7H2. The second kappa shape index (κ2) is 5.35. The van der Waals surface area contributed by atoms with E-state index < -0.39 is 6.10 Å². The van der Waals surface area contributed by atoms with Gasteiger partial charge in [0.15, 0.2) is 0 Å². The molecule has 2 unspecified atom stereocenters. The van der Waals surface area contributed by atoms with Gasteiger partial charge in [0.05, 0.1) is 10.6 Å². The van der Waals surface area contributed by atoms with Crippen LogP contribution >= 0.6 is 27.5 Å². The van der Waals surface area contributed by atoms with Gasteiger partial charge in [0.25, 0.3) is 0 Å². The summed E-state index contributed by atoms with van der Waals surface area (Å²) in [6.45, 7) is 0. The maximum atomic E-state index is 13.6. The van der Waals surface area contributed by atoms with E-state index in [0.717, 1.165) is 0 Å². The van der Waals surface area contributed by atoms with Gasteiger partial charge in [-0.05, 0) is 51.8 Å². The lowest BCUT2D eigenvalue weighted by molar-refractivity contribution is 0.0656. The molecule has 3 rings (SSSR count). The Morgan fingerprint density at radius 3 is 2.80 bits per heavy atom. The van der Waals surface area contributed by atoms with E-state index in [4.69, 9.17) is 16.3 Å². The molecule has 0 radical (unpaired) electrons. The monoisotopic (exact) mass is 356 g/mol. The van der Waals surface area contributed by atoms with E-state index in [2.05, 4.69) is 15.9 Å². The minimum atomic E-state index is -0.672. The fourth-order valence-electron chi connectivity index (χ4n) is 2.33. The van der Waals surface area contributed by atoms with Crippen molar-refractivity contribution in [3.8, 4) is 5.75 Å². The number of fused-ring (bicyclic) bond motifs is 1. The average molecular weight is 358 g/mol. The Labute approximate surface area is 129 Å². The first-order chi connectivity index (χ1) is 9.54. The predicted molar refractivity (Wildman–Crippen MR) is 78.5 cm³/mol. The molecule has 2 aromatic carbocycles. The number of aliphatic hydroxyl groups excluding tert-OH is 1. The molecule has 1 aliphatic heterocycles. The number of ether oxygens (including phenoxy) is 1. The largest absolute Gasteiger partial charge is 0.485 e. The zero-order valence-corrected chi connectivity index (χ0v) is 12.7. The van der Waals surface area contributed by atoms with E-state index in [1.807, 2.05) is 0 Å². The molecule has 5 heteroatoms. The summed E-state index contributed by atoms with van der Waals surface area (Å²) in [6.07, 6.45) is -0.676. The molecule has 0 spiro atoms. The number of hydrogen-bond acceptors (Lipinski definition) is 2. The molecule has 0 aromatic heterocycles. The summed E-state index contributed by atoms with van der Waals surface area (Å²) in [6, 6.07) is 9.96. The molecule has 0 bridgehead atoms. The topological polar surface area (TPSA) is 29.5 Å². The minimum Gasteiger partial charge on any atom is -0.485 e. The van der Waals surface area contributed by atoms with Gasteiger partial charge >= 0.3 is 0 Å². The minimum absolute atomic E-state index is 0.345. The molecule has 104 valence electrons. The van der Waals surface area contributed by atoms with Crippen molar-refractivity contribution >= 4 is 27.5 Å². The lowest BCUT2D eigenvalue weighted by Crippen LogP contribution is -2.19. The molecule has 1 heterocycles. The molecule has 0 fully saturated rings. The third-order valence-corrected chi connectivity index (χ3v) is 4.23. The summed E-state index contributed by atoms with van der Waals surface area (Å²) in [4.78, 5) is 0. The molecule has 2 aromatic rings. The van der Waals surface area contributed by atoms with Crippen LogP contribution in [0.25, 0.3) is 0 Å². The molecule has 0 aliphatic carbocycles. The van der Waals surface area contributed by atoms with E-state index in [1.165, 1.54) is 6.07 Å². The fourth-order valence-corrected chi connectivity index (χ4v) is 2.76. The summed E-state index contributed by atoms with van der Waals surface area (Å²) in [5.41, 5.74) is 1.37. The van der Waals surface area contributed by atoms with E-state index in [0.29, 0.717) is 32.8 Å². The Balaban J connectivity index is 1.94. The highest BCUT2D eigenvalue weighted by Gasteiger charge is 2.28. The van der Waals surface area contributed by atoms with Gasteiger partial charge in [-0.1, -0.05) is 17.7 Å². The maximum Gasteiger partial charge on any atom is 0.137 e. The Morgan fingerprint density at radius 2 is 2.05 bits per heavy atom. The van der Waals surface area contributed by atoms with Crippen molar-refractivity contribution in [1.82, 2.24) is 0 Å². The summed E-state index contributed by atoms with van der Waals surface area (Å²) in [5.74, 6) is 0.240. The molecule has 2 atom stereocenters. The van der Waals surface area contributed by atoms with Crippen LogP contribution in [0, 0.1) is 5.82 Å². The molecule has 0 saturated heterocycles. The van der Waals surface area contributed by atoms with Crippen LogP contribution in [-0.2, 0) is 0 Å². The second-order valence-electron chi connectivity index (χ2n) is 4.71. The molecular weight excluding hydrogens is 347 g/mol. The van der Waals surface area contributed by atoms with Crippen molar-refractivity contribution in [2.45, 2.75) is 18.6 Å². The Kier molecular flexibility index (Phi) is 3.71. The Bertz CT molecular complexity index is 662. The number of aliphatic hydroxyl groups is 1. The predicted octanol–water partition coefficient (Wildman–Crippen LogP) is 4.80. The van der Waals surface area contributed by atoms with Crippen molar-refractivity contribution in [1.29, 1.82) is 0 Å². The van der Waals surface area contributed by atoms with Gasteiger partial charge in [-0.2, -0.15) is 0 Å². The van der Waals surface area contributed by atoms with Crippen molar-refractivity contribution < 1.29 is 14.2 Å². The highest BCUT2D eigenvalue weighted by molar-refractivity contribution is 9.10. The maximum absolute atomic E-state index is 13.6. The average Bonchev–Trinajstić information content (AvgIpc) is 2.42. The van der Waals surface area contributed by atoms with Crippen molar-refractivity contribution in [3.63, 3.8) is 0 Å². The van der Waals surface area contributed by atoms with Crippen LogP contribution in [-0.4, -0.2) is 5.11 Å². The Morgan fingerprint density at radius 1 is 1.25 bits per heavy atom. The summed E-state index contributed by atoms with van der Waals surface area (Å²) >= 11 is 9.03. The van der Waals surface area contributed by atoms with Crippen molar-refractivity contribution in [2.24, 2.45) is 0 Å². The van der Waals surface area contributed by atoms with E-state index >= 15 is 0 Å². The third-order valence-electron chi connectivity index (χ3n) is 3.35. The zero-order valence-electron chi connectivity index (χ0n) is 10.3. The normalized spacial score (nSPS) is 21.2. The van der Waals surface area contributed by atoms with Gasteiger partial charge in [0, 0.05) is 17.0 Å². The third kappa shape index (κ3) is 2.55. The molecular formula is C15H11BrClFO2. The number of benzene rings is 2. The van der Waals surface area contributed by atoms with Crippen molar-refractivity contribution in [3.05, 3.63) is 62.8 Å². The zero-order chi connectivity index (χ0) is 14.3. The van der Waals surface area contributed by atoms with E-state index in [-0.39, 0.29) is 11.9 Å². The van der Waals surface area contributed by atoms with Gasteiger partial charge in [-0.15, -0.1) is 0 Å². The lowest BCUT2D eigenvalue weighted by atomic mass is 9.95. The molecule has 20 heavy (non-hydrogen) atoms. The van der Waals surface area contributed by atoms with Crippen LogP contribution in [0.3, 0.4) is 0 Å². The Hall–Kier alpha value is -1.10.